The van der Waals surface area contributed by atoms with Crippen LogP contribution >= 0.6 is 15.9 Å². The first-order valence-electron chi connectivity index (χ1n) is 6.68. The number of ether oxygens (including phenoxy) is 1. The van der Waals surface area contributed by atoms with Crippen LogP contribution in [0.4, 0.5) is 0 Å². The summed E-state index contributed by atoms with van der Waals surface area (Å²) in [4.78, 5) is 0.346. The number of benzene rings is 2. The van der Waals surface area contributed by atoms with Gasteiger partial charge in [0.15, 0.2) is 0 Å². The molecule has 0 amide bonds. The van der Waals surface area contributed by atoms with Crippen molar-refractivity contribution >= 4 is 15.9 Å². The van der Waals surface area contributed by atoms with Crippen LogP contribution in [-0.4, -0.2) is 6.61 Å². The van der Waals surface area contributed by atoms with Crippen molar-refractivity contribution in [2.75, 3.05) is 6.61 Å². The molecular weight excluding hydrogens is 300 g/mol. The van der Waals surface area contributed by atoms with E-state index in [0.29, 0.717) is 10.7 Å². The van der Waals surface area contributed by atoms with Gasteiger partial charge in [-0.1, -0.05) is 64.0 Å². The minimum Gasteiger partial charge on any atom is -0.493 e. The van der Waals surface area contributed by atoms with Gasteiger partial charge in [0.25, 0.3) is 0 Å². The lowest BCUT2D eigenvalue weighted by Crippen LogP contribution is -2.17. The van der Waals surface area contributed by atoms with E-state index in [2.05, 4.69) is 65.3 Å². The molecule has 2 aromatic carbocycles. The number of fused-ring (bicyclic) bond motifs is 1. The van der Waals surface area contributed by atoms with Crippen LogP contribution in [0.1, 0.15) is 33.9 Å². The van der Waals surface area contributed by atoms with Crippen molar-refractivity contribution in [1.82, 2.24) is 0 Å². The van der Waals surface area contributed by atoms with Crippen molar-refractivity contribution in [3.8, 4) is 5.75 Å². The van der Waals surface area contributed by atoms with E-state index in [1.807, 2.05) is 6.07 Å². The van der Waals surface area contributed by atoms with E-state index in [-0.39, 0.29) is 0 Å². The number of aryl methyl sites for hydroxylation is 1. The highest BCUT2D eigenvalue weighted by atomic mass is 79.9. The van der Waals surface area contributed by atoms with Crippen LogP contribution in [-0.2, 0) is 0 Å². The number of hydrogen-bond donors (Lipinski definition) is 0. The molecule has 2 atom stereocenters. The number of alkyl halides is 1. The average molecular weight is 317 g/mol. The normalized spacial score (nSPS) is 19.4. The molecule has 0 aromatic heterocycles. The number of rotatable bonds is 2. The SMILES string of the molecule is Cc1ccc(C(Br)C2CCOc3ccccc32)cc1. The van der Waals surface area contributed by atoms with E-state index >= 15 is 0 Å². The molecule has 0 radical (unpaired) electrons. The average Bonchev–Trinajstić information content (AvgIpc) is 2.47. The molecule has 2 heteroatoms. The Hall–Kier alpha value is -1.28. The van der Waals surface area contributed by atoms with Crippen LogP contribution in [0.3, 0.4) is 0 Å². The molecule has 0 saturated heterocycles. The fourth-order valence-electron chi connectivity index (χ4n) is 2.66. The Morgan fingerprint density at radius 3 is 2.63 bits per heavy atom. The maximum absolute atomic E-state index is 5.74. The highest BCUT2D eigenvalue weighted by Gasteiger charge is 2.28. The summed E-state index contributed by atoms with van der Waals surface area (Å²) >= 11 is 3.89. The van der Waals surface area contributed by atoms with E-state index in [1.54, 1.807) is 0 Å². The topological polar surface area (TPSA) is 9.23 Å². The minimum atomic E-state index is 0.346. The van der Waals surface area contributed by atoms with Crippen molar-refractivity contribution < 1.29 is 4.74 Å². The summed E-state index contributed by atoms with van der Waals surface area (Å²) in [7, 11) is 0. The van der Waals surface area contributed by atoms with E-state index in [1.165, 1.54) is 16.7 Å². The van der Waals surface area contributed by atoms with Gasteiger partial charge in [0, 0.05) is 10.7 Å². The van der Waals surface area contributed by atoms with Crippen LogP contribution in [0.15, 0.2) is 48.5 Å². The van der Waals surface area contributed by atoms with E-state index in [4.69, 9.17) is 4.74 Å². The molecule has 98 valence electrons. The maximum Gasteiger partial charge on any atom is 0.122 e. The van der Waals surface area contributed by atoms with Gasteiger partial charge < -0.3 is 4.74 Å². The summed E-state index contributed by atoms with van der Waals surface area (Å²) in [6, 6.07) is 17.2. The summed E-state index contributed by atoms with van der Waals surface area (Å²) in [5.74, 6) is 1.52. The molecule has 1 nitrogen and oxygen atoms in total. The molecule has 0 aliphatic carbocycles. The fourth-order valence-corrected chi connectivity index (χ4v) is 3.51. The summed E-state index contributed by atoms with van der Waals surface area (Å²) in [5, 5.41) is 0. The third-order valence-electron chi connectivity index (χ3n) is 3.75. The van der Waals surface area contributed by atoms with Crippen LogP contribution in [0.5, 0.6) is 5.75 Å². The zero-order valence-electron chi connectivity index (χ0n) is 11.0. The molecular formula is C17H17BrO. The van der Waals surface area contributed by atoms with Gasteiger partial charge >= 0.3 is 0 Å². The zero-order valence-corrected chi connectivity index (χ0v) is 12.6. The van der Waals surface area contributed by atoms with Crippen LogP contribution < -0.4 is 4.74 Å². The zero-order chi connectivity index (χ0) is 13.2. The first-order valence-corrected chi connectivity index (χ1v) is 7.59. The van der Waals surface area contributed by atoms with Gasteiger partial charge in [-0.2, -0.15) is 0 Å². The Kier molecular flexibility index (Phi) is 3.61. The Bertz CT molecular complexity index is 562. The fraction of sp³-hybridized carbons (Fsp3) is 0.294. The van der Waals surface area contributed by atoms with Crippen molar-refractivity contribution in [2.24, 2.45) is 0 Å². The lowest BCUT2D eigenvalue weighted by atomic mass is 9.87. The molecule has 0 saturated carbocycles. The molecule has 0 N–H and O–H groups in total. The molecule has 1 heterocycles. The molecule has 0 spiro atoms. The monoisotopic (exact) mass is 316 g/mol. The highest BCUT2D eigenvalue weighted by Crippen LogP contribution is 2.45. The highest BCUT2D eigenvalue weighted by molar-refractivity contribution is 9.09. The standard InChI is InChI=1S/C17H17BrO/c1-12-6-8-13(9-7-12)17(18)15-10-11-19-16-5-3-2-4-14(15)16/h2-9,15,17H,10-11H2,1H3. The molecule has 1 aliphatic heterocycles. The predicted molar refractivity (Wildman–Crippen MR) is 82.1 cm³/mol. The number of para-hydroxylation sites is 1. The molecule has 0 bridgehead atoms. The Balaban J connectivity index is 1.92. The van der Waals surface area contributed by atoms with E-state index in [9.17, 15) is 0 Å². The maximum atomic E-state index is 5.74. The third-order valence-corrected chi connectivity index (χ3v) is 4.92. The Morgan fingerprint density at radius 1 is 1.11 bits per heavy atom. The van der Waals surface area contributed by atoms with Crippen molar-refractivity contribution in [2.45, 2.75) is 24.1 Å². The second-order valence-electron chi connectivity index (χ2n) is 5.09. The third kappa shape index (κ3) is 2.55. The summed E-state index contributed by atoms with van der Waals surface area (Å²) in [5.41, 5.74) is 3.96. The molecule has 3 rings (SSSR count). The van der Waals surface area contributed by atoms with Gasteiger partial charge in [0.1, 0.15) is 5.75 Å². The lowest BCUT2D eigenvalue weighted by Gasteiger charge is -2.29. The number of hydrogen-bond acceptors (Lipinski definition) is 1. The van der Waals surface area contributed by atoms with Crippen LogP contribution in [0, 0.1) is 6.92 Å². The largest absolute Gasteiger partial charge is 0.493 e. The van der Waals surface area contributed by atoms with Gasteiger partial charge in [-0.15, -0.1) is 0 Å². The van der Waals surface area contributed by atoms with Gasteiger partial charge in [-0.05, 0) is 30.5 Å². The van der Waals surface area contributed by atoms with E-state index < -0.39 is 0 Å². The lowest BCUT2D eigenvalue weighted by molar-refractivity contribution is 0.266. The van der Waals surface area contributed by atoms with Crippen molar-refractivity contribution in [3.63, 3.8) is 0 Å². The molecule has 2 aromatic rings. The van der Waals surface area contributed by atoms with Gasteiger partial charge in [0.2, 0.25) is 0 Å². The summed E-state index contributed by atoms with van der Waals surface area (Å²) in [6.07, 6.45) is 1.06. The van der Waals surface area contributed by atoms with E-state index in [0.717, 1.165) is 18.8 Å². The summed E-state index contributed by atoms with van der Waals surface area (Å²) in [6.45, 7) is 2.92. The quantitative estimate of drug-likeness (QED) is 0.709. The van der Waals surface area contributed by atoms with Crippen molar-refractivity contribution in [3.05, 3.63) is 65.2 Å². The first-order chi connectivity index (χ1) is 9.25. The van der Waals surface area contributed by atoms with Gasteiger partial charge in [-0.3, -0.25) is 0 Å². The van der Waals surface area contributed by atoms with Crippen LogP contribution in [0.2, 0.25) is 0 Å². The van der Waals surface area contributed by atoms with Crippen molar-refractivity contribution in [1.29, 1.82) is 0 Å². The molecule has 2 unspecified atom stereocenters. The first kappa shape index (κ1) is 12.7. The summed E-state index contributed by atoms with van der Waals surface area (Å²) < 4.78 is 5.74. The second kappa shape index (κ2) is 5.38. The predicted octanol–water partition coefficient (Wildman–Crippen LogP) is 5.00. The minimum absolute atomic E-state index is 0.346. The second-order valence-corrected chi connectivity index (χ2v) is 6.08. The Labute approximate surface area is 122 Å². The number of halogens is 1. The Morgan fingerprint density at radius 2 is 1.84 bits per heavy atom. The smallest absolute Gasteiger partial charge is 0.122 e. The van der Waals surface area contributed by atoms with Crippen LogP contribution in [0.25, 0.3) is 0 Å². The van der Waals surface area contributed by atoms with Gasteiger partial charge in [0.05, 0.1) is 6.61 Å². The molecule has 19 heavy (non-hydrogen) atoms. The molecule has 0 fully saturated rings. The van der Waals surface area contributed by atoms with Gasteiger partial charge in [-0.25, -0.2) is 0 Å². The molecule has 1 aliphatic rings.